The standard InChI is InChI=1S/C29H34N2O6/c1-29(2,3)21-7-4-19(5-8-21)25-24(26(32)20-6-9-22-23(18-20)37-17-16-36-22)27(33)28(34)31(25)11-10-30-12-14-35-15-13-30/h4-9,18,25,32H,10-17H2,1-3H3/b26-24-. The number of hydrogen-bond donors (Lipinski definition) is 1. The summed E-state index contributed by atoms with van der Waals surface area (Å²) in [5.74, 6) is -0.406. The average molecular weight is 507 g/mol. The minimum Gasteiger partial charge on any atom is -0.507 e. The van der Waals surface area contributed by atoms with Gasteiger partial charge >= 0.3 is 0 Å². The average Bonchev–Trinajstić information content (AvgIpc) is 3.16. The summed E-state index contributed by atoms with van der Waals surface area (Å²) < 4.78 is 16.7. The second-order valence-corrected chi connectivity index (χ2v) is 10.7. The number of carbonyl (C=O) groups excluding carboxylic acids is 2. The van der Waals surface area contributed by atoms with E-state index in [2.05, 4.69) is 25.7 Å². The van der Waals surface area contributed by atoms with Gasteiger partial charge in [-0.3, -0.25) is 14.5 Å². The second-order valence-electron chi connectivity index (χ2n) is 10.7. The van der Waals surface area contributed by atoms with Gasteiger partial charge in [-0.15, -0.1) is 0 Å². The highest BCUT2D eigenvalue weighted by atomic mass is 16.6. The molecule has 2 saturated heterocycles. The maximum absolute atomic E-state index is 13.4. The molecule has 3 aliphatic heterocycles. The molecule has 0 spiro atoms. The summed E-state index contributed by atoms with van der Waals surface area (Å²) in [7, 11) is 0. The lowest BCUT2D eigenvalue weighted by Crippen LogP contribution is -2.42. The fraction of sp³-hybridized carbons (Fsp3) is 0.448. The van der Waals surface area contributed by atoms with Crippen molar-refractivity contribution in [3.05, 3.63) is 64.7 Å². The molecule has 0 radical (unpaired) electrons. The number of rotatable bonds is 5. The van der Waals surface area contributed by atoms with E-state index in [9.17, 15) is 14.7 Å². The number of aliphatic hydroxyl groups is 1. The summed E-state index contributed by atoms with van der Waals surface area (Å²) >= 11 is 0. The van der Waals surface area contributed by atoms with Gasteiger partial charge < -0.3 is 24.2 Å². The highest BCUT2D eigenvalue weighted by molar-refractivity contribution is 6.46. The minimum absolute atomic E-state index is 0.0398. The zero-order valence-electron chi connectivity index (χ0n) is 21.7. The molecule has 196 valence electrons. The minimum atomic E-state index is -0.691. The molecular weight excluding hydrogens is 472 g/mol. The van der Waals surface area contributed by atoms with E-state index in [1.54, 1.807) is 23.1 Å². The van der Waals surface area contributed by atoms with Crippen LogP contribution in [0.5, 0.6) is 11.5 Å². The first kappa shape index (κ1) is 25.3. The molecule has 3 aliphatic rings. The maximum Gasteiger partial charge on any atom is 0.295 e. The van der Waals surface area contributed by atoms with Crippen LogP contribution in [0.25, 0.3) is 5.76 Å². The predicted octanol–water partition coefficient (Wildman–Crippen LogP) is 3.51. The lowest BCUT2D eigenvalue weighted by Gasteiger charge is -2.31. The SMILES string of the molecule is CC(C)(C)c1ccc(C2/C(=C(/O)c3ccc4c(c3)OCCO4)C(=O)C(=O)N2CCN2CCOCC2)cc1. The zero-order valence-corrected chi connectivity index (χ0v) is 21.7. The number of hydrogen-bond acceptors (Lipinski definition) is 7. The van der Waals surface area contributed by atoms with Gasteiger partial charge in [0.05, 0.1) is 24.8 Å². The topological polar surface area (TPSA) is 88.5 Å². The number of fused-ring (bicyclic) bond motifs is 1. The van der Waals surface area contributed by atoms with E-state index < -0.39 is 17.7 Å². The van der Waals surface area contributed by atoms with E-state index in [1.165, 1.54) is 0 Å². The smallest absolute Gasteiger partial charge is 0.295 e. The van der Waals surface area contributed by atoms with Crippen molar-refractivity contribution < 1.29 is 28.9 Å². The van der Waals surface area contributed by atoms with Crippen molar-refractivity contribution in [2.75, 3.05) is 52.6 Å². The normalized spacial score (nSPS) is 21.9. The molecule has 8 heteroatoms. The zero-order chi connectivity index (χ0) is 26.2. The van der Waals surface area contributed by atoms with Crippen molar-refractivity contribution in [2.24, 2.45) is 0 Å². The second kappa shape index (κ2) is 10.2. The van der Waals surface area contributed by atoms with E-state index in [0.29, 0.717) is 56.6 Å². The number of likely N-dealkylation sites (tertiary alicyclic amines) is 1. The molecule has 1 amide bonds. The van der Waals surface area contributed by atoms with Crippen molar-refractivity contribution in [1.82, 2.24) is 9.80 Å². The molecule has 2 aromatic rings. The third-order valence-electron chi connectivity index (χ3n) is 7.21. The van der Waals surface area contributed by atoms with Crippen molar-refractivity contribution in [2.45, 2.75) is 32.2 Å². The summed E-state index contributed by atoms with van der Waals surface area (Å²) in [6.45, 7) is 11.1. The Kier molecular flexibility index (Phi) is 6.96. The van der Waals surface area contributed by atoms with Crippen molar-refractivity contribution in [3.63, 3.8) is 0 Å². The largest absolute Gasteiger partial charge is 0.507 e. The van der Waals surface area contributed by atoms with Crippen LogP contribution < -0.4 is 9.47 Å². The first-order valence-corrected chi connectivity index (χ1v) is 12.8. The fourth-order valence-corrected chi connectivity index (χ4v) is 5.04. The van der Waals surface area contributed by atoms with Gasteiger partial charge in [0, 0.05) is 31.7 Å². The van der Waals surface area contributed by atoms with Crippen molar-refractivity contribution in [1.29, 1.82) is 0 Å². The number of carbonyl (C=O) groups is 2. The maximum atomic E-state index is 13.4. The van der Waals surface area contributed by atoms with Gasteiger partial charge in [0.25, 0.3) is 11.7 Å². The molecule has 0 aliphatic carbocycles. The van der Waals surface area contributed by atoms with Crippen LogP contribution in [0.1, 0.15) is 43.5 Å². The molecule has 0 saturated carbocycles. The molecule has 1 unspecified atom stereocenters. The van der Waals surface area contributed by atoms with Crippen LogP contribution in [-0.2, 0) is 19.7 Å². The quantitative estimate of drug-likeness (QED) is 0.377. The van der Waals surface area contributed by atoms with Gasteiger partial charge in [0.2, 0.25) is 0 Å². The lowest BCUT2D eigenvalue weighted by molar-refractivity contribution is -0.140. The Labute approximate surface area is 217 Å². The number of morpholine rings is 1. The molecule has 3 heterocycles. The first-order chi connectivity index (χ1) is 17.7. The molecule has 37 heavy (non-hydrogen) atoms. The van der Waals surface area contributed by atoms with E-state index in [0.717, 1.165) is 24.2 Å². The Hall–Kier alpha value is -3.36. The molecular formula is C29H34N2O6. The monoisotopic (exact) mass is 506 g/mol. The Morgan fingerprint density at radius 2 is 1.59 bits per heavy atom. The Bertz CT molecular complexity index is 1210. The molecule has 8 nitrogen and oxygen atoms in total. The van der Waals surface area contributed by atoms with E-state index in [-0.39, 0.29) is 16.7 Å². The molecule has 5 rings (SSSR count). The molecule has 0 aromatic heterocycles. The Morgan fingerprint density at radius 1 is 0.919 bits per heavy atom. The van der Waals surface area contributed by atoms with Gasteiger partial charge in [0.15, 0.2) is 11.5 Å². The molecule has 0 bridgehead atoms. The van der Waals surface area contributed by atoms with E-state index in [1.807, 2.05) is 24.3 Å². The van der Waals surface area contributed by atoms with Crippen LogP contribution in [0.3, 0.4) is 0 Å². The summed E-state index contributed by atoms with van der Waals surface area (Å²) in [4.78, 5) is 30.5. The summed E-state index contributed by atoms with van der Waals surface area (Å²) in [5, 5.41) is 11.4. The molecule has 1 atom stereocenters. The number of benzene rings is 2. The first-order valence-electron chi connectivity index (χ1n) is 12.8. The number of Topliss-reactive ketones (excluding diaryl/α,β-unsaturated/α-hetero) is 1. The van der Waals surface area contributed by atoms with Crippen LogP contribution in [-0.4, -0.2) is 79.2 Å². The van der Waals surface area contributed by atoms with Gasteiger partial charge in [-0.2, -0.15) is 0 Å². The van der Waals surface area contributed by atoms with Crippen LogP contribution in [0.15, 0.2) is 48.0 Å². The van der Waals surface area contributed by atoms with Crippen molar-refractivity contribution in [3.8, 4) is 11.5 Å². The van der Waals surface area contributed by atoms with Gasteiger partial charge in [0.1, 0.15) is 19.0 Å². The fourth-order valence-electron chi connectivity index (χ4n) is 5.04. The van der Waals surface area contributed by atoms with Crippen LogP contribution in [0.2, 0.25) is 0 Å². The highest BCUT2D eigenvalue weighted by Gasteiger charge is 2.46. The summed E-state index contributed by atoms with van der Waals surface area (Å²) in [6, 6.07) is 12.3. The Balaban J connectivity index is 1.54. The molecule has 1 N–H and O–H groups in total. The number of aliphatic hydroxyl groups excluding tert-OH is 1. The van der Waals surface area contributed by atoms with Crippen LogP contribution in [0.4, 0.5) is 0 Å². The van der Waals surface area contributed by atoms with Crippen molar-refractivity contribution >= 4 is 17.4 Å². The predicted molar refractivity (Wildman–Crippen MR) is 139 cm³/mol. The number of amides is 1. The highest BCUT2D eigenvalue weighted by Crippen LogP contribution is 2.41. The number of ketones is 1. The van der Waals surface area contributed by atoms with E-state index >= 15 is 0 Å². The molecule has 2 aromatic carbocycles. The number of ether oxygens (including phenoxy) is 3. The van der Waals surface area contributed by atoms with Gasteiger partial charge in [-0.25, -0.2) is 0 Å². The third-order valence-corrected chi connectivity index (χ3v) is 7.21. The van der Waals surface area contributed by atoms with E-state index in [4.69, 9.17) is 14.2 Å². The summed E-state index contributed by atoms with van der Waals surface area (Å²) in [5.41, 5.74) is 2.39. The molecule has 2 fully saturated rings. The van der Waals surface area contributed by atoms with Crippen LogP contribution >= 0.6 is 0 Å². The van der Waals surface area contributed by atoms with Gasteiger partial charge in [-0.05, 0) is 34.7 Å². The third kappa shape index (κ3) is 5.08. The Morgan fingerprint density at radius 3 is 2.27 bits per heavy atom. The van der Waals surface area contributed by atoms with Gasteiger partial charge in [-0.1, -0.05) is 45.0 Å². The van der Waals surface area contributed by atoms with Crippen LogP contribution in [0, 0.1) is 0 Å². The summed E-state index contributed by atoms with van der Waals surface area (Å²) in [6.07, 6.45) is 0. The lowest BCUT2D eigenvalue weighted by atomic mass is 9.85. The number of nitrogens with zero attached hydrogens (tertiary/aromatic N) is 2.